The molecule has 1 unspecified atom stereocenters. The van der Waals surface area contributed by atoms with Gasteiger partial charge in [0.1, 0.15) is 12.8 Å². The van der Waals surface area contributed by atoms with Crippen molar-refractivity contribution in [3.8, 4) is 0 Å². The van der Waals surface area contributed by atoms with Crippen molar-refractivity contribution in [2.75, 3.05) is 26.0 Å². The molecule has 1 N–H and O–H groups in total. The van der Waals surface area contributed by atoms with E-state index in [1.807, 2.05) is 0 Å². The van der Waals surface area contributed by atoms with Gasteiger partial charge in [-0.05, 0) is 25.7 Å². The first-order valence-electron chi connectivity index (χ1n) is 5.31. The van der Waals surface area contributed by atoms with Crippen molar-refractivity contribution in [1.29, 1.82) is 0 Å². The number of aliphatic hydroxyl groups excluding tert-OH is 1. The predicted octanol–water partition coefficient (Wildman–Crippen LogP) is 1.93. The van der Waals surface area contributed by atoms with Crippen LogP contribution >= 0.6 is 7.80 Å². The van der Waals surface area contributed by atoms with Crippen molar-refractivity contribution in [1.82, 2.24) is 0 Å². The summed E-state index contributed by atoms with van der Waals surface area (Å²) in [7, 11) is -1.08. The SMILES string of the molecule is C[P+](=O)CCCCC(=O)OCCCCO. The minimum atomic E-state index is -1.08. The van der Waals surface area contributed by atoms with Gasteiger partial charge in [0.25, 0.3) is 0 Å². The maximum atomic E-state index is 11.1. The summed E-state index contributed by atoms with van der Waals surface area (Å²) >= 11 is 0. The fraction of sp³-hybridized carbons (Fsp3) is 0.900. The number of ether oxygens (including phenoxy) is 1. The summed E-state index contributed by atoms with van der Waals surface area (Å²) in [6.07, 6.45) is 4.03. The zero-order valence-electron chi connectivity index (χ0n) is 9.28. The van der Waals surface area contributed by atoms with Crippen LogP contribution in [0.5, 0.6) is 0 Å². The van der Waals surface area contributed by atoms with Gasteiger partial charge in [-0.15, -0.1) is 0 Å². The van der Waals surface area contributed by atoms with Crippen LogP contribution < -0.4 is 0 Å². The monoisotopic (exact) mass is 235 g/mol. The molecule has 0 bridgehead atoms. The molecule has 4 nitrogen and oxygen atoms in total. The van der Waals surface area contributed by atoms with Crippen LogP contribution in [-0.2, 0) is 14.1 Å². The van der Waals surface area contributed by atoms with Gasteiger partial charge < -0.3 is 9.84 Å². The summed E-state index contributed by atoms with van der Waals surface area (Å²) in [6, 6.07) is 0. The number of rotatable bonds is 9. The van der Waals surface area contributed by atoms with E-state index in [-0.39, 0.29) is 12.6 Å². The molecule has 0 aliphatic carbocycles. The van der Waals surface area contributed by atoms with E-state index in [2.05, 4.69) is 0 Å². The first-order chi connectivity index (χ1) is 7.16. The molecule has 0 fully saturated rings. The third-order valence-electron chi connectivity index (χ3n) is 1.92. The molecular formula is C10H20O4P+. The molecule has 0 spiro atoms. The van der Waals surface area contributed by atoms with E-state index >= 15 is 0 Å². The topological polar surface area (TPSA) is 63.6 Å². The fourth-order valence-electron chi connectivity index (χ4n) is 1.08. The predicted molar refractivity (Wildman–Crippen MR) is 59.5 cm³/mol. The Bertz CT molecular complexity index is 194. The van der Waals surface area contributed by atoms with Crippen LogP contribution in [-0.4, -0.2) is 37.1 Å². The number of carbonyl (C=O) groups is 1. The molecule has 0 heterocycles. The molecule has 0 aromatic rings. The summed E-state index contributed by atoms with van der Waals surface area (Å²) in [5.41, 5.74) is 0. The number of hydrogen-bond donors (Lipinski definition) is 1. The quantitative estimate of drug-likeness (QED) is 0.377. The lowest BCUT2D eigenvalue weighted by Crippen LogP contribution is -2.06. The lowest BCUT2D eigenvalue weighted by Gasteiger charge is -2.02. The van der Waals surface area contributed by atoms with E-state index in [9.17, 15) is 9.36 Å². The summed E-state index contributed by atoms with van der Waals surface area (Å²) < 4.78 is 15.7. The van der Waals surface area contributed by atoms with Gasteiger partial charge >= 0.3 is 13.8 Å². The average molecular weight is 235 g/mol. The maximum absolute atomic E-state index is 11.1. The van der Waals surface area contributed by atoms with Crippen molar-refractivity contribution in [2.24, 2.45) is 0 Å². The molecule has 0 saturated carbocycles. The molecule has 15 heavy (non-hydrogen) atoms. The first kappa shape index (κ1) is 14.5. The van der Waals surface area contributed by atoms with Gasteiger partial charge in [-0.1, -0.05) is 4.57 Å². The van der Waals surface area contributed by atoms with E-state index in [0.29, 0.717) is 32.0 Å². The van der Waals surface area contributed by atoms with Gasteiger partial charge in [-0.25, -0.2) is 0 Å². The van der Waals surface area contributed by atoms with Gasteiger partial charge in [-0.3, -0.25) is 4.79 Å². The number of aliphatic hydroxyl groups is 1. The van der Waals surface area contributed by atoms with Crippen molar-refractivity contribution in [3.63, 3.8) is 0 Å². The molecule has 0 aliphatic rings. The molecule has 1 atom stereocenters. The molecule has 0 aromatic carbocycles. The molecule has 0 rings (SSSR count). The minimum absolute atomic E-state index is 0.140. The Morgan fingerprint density at radius 3 is 2.60 bits per heavy atom. The zero-order chi connectivity index (χ0) is 11.5. The molecule has 0 radical (unpaired) electrons. The summed E-state index contributed by atoms with van der Waals surface area (Å²) in [5.74, 6) is -0.195. The normalized spacial score (nSPS) is 11.2. The first-order valence-corrected chi connectivity index (χ1v) is 7.20. The van der Waals surface area contributed by atoms with Crippen molar-refractivity contribution in [3.05, 3.63) is 0 Å². The van der Waals surface area contributed by atoms with E-state index in [0.717, 1.165) is 12.8 Å². The van der Waals surface area contributed by atoms with Crippen molar-refractivity contribution >= 4 is 13.8 Å². The maximum Gasteiger partial charge on any atom is 0.335 e. The van der Waals surface area contributed by atoms with Crippen molar-refractivity contribution in [2.45, 2.75) is 32.1 Å². The Labute approximate surface area is 91.8 Å². The molecule has 5 heteroatoms. The Morgan fingerprint density at radius 1 is 1.27 bits per heavy atom. The Balaban J connectivity index is 3.22. The van der Waals surface area contributed by atoms with Crippen LogP contribution in [0.15, 0.2) is 0 Å². The Morgan fingerprint density at radius 2 is 2.00 bits per heavy atom. The van der Waals surface area contributed by atoms with Crippen LogP contribution in [0, 0.1) is 0 Å². The average Bonchev–Trinajstić information content (AvgIpc) is 2.19. The fourth-order valence-corrected chi connectivity index (χ4v) is 1.74. The summed E-state index contributed by atoms with van der Waals surface area (Å²) in [5, 5.41) is 8.49. The highest BCUT2D eigenvalue weighted by Crippen LogP contribution is 2.16. The zero-order valence-corrected chi connectivity index (χ0v) is 10.2. The lowest BCUT2D eigenvalue weighted by molar-refractivity contribution is -0.143. The van der Waals surface area contributed by atoms with Crippen LogP contribution in [0.1, 0.15) is 32.1 Å². The highest BCUT2D eigenvalue weighted by atomic mass is 31.1. The van der Waals surface area contributed by atoms with Crippen LogP contribution in [0.4, 0.5) is 0 Å². The second-order valence-electron chi connectivity index (χ2n) is 3.46. The molecule has 0 aliphatic heterocycles. The second kappa shape index (κ2) is 10.1. The van der Waals surface area contributed by atoms with Gasteiger partial charge in [0.2, 0.25) is 0 Å². The molecule has 0 aromatic heterocycles. The largest absolute Gasteiger partial charge is 0.466 e. The molecular weight excluding hydrogens is 215 g/mol. The standard InChI is InChI=1S/C10H20O4P/c1-15(13)9-5-2-6-10(12)14-8-4-3-7-11/h11H,2-9H2,1H3/q+1. The van der Waals surface area contributed by atoms with Crippen LogP contribution in [0.25, 0.3) is 0 Å². The lowest BCUT2D eigenvalue weighted by atomic mass is 10.2. The number of unbranched alkanes of at least 4 members (excludes halogenated alkanes) is 2. The van der Waals surface area contributed by atoms with E-state index in [4.69, 9.17) is 9.84 Å². The van der Waals surface area contributed by atoms with Crippen LogP contribution in [0.2, 0.25) is 0 Å². The third-order valence-corrected chi connectivity index (χ3v) is 2.87. The summed E-state index contributed by atoms with van der Waals surface area (Å²) in [4.78, 5) is 11.1. The Kier molecular flexibility index (Phi) is 9.75. The van der Waals surface area contributed by atoms with Crippen molar-refractivity contribution < 1.29 is 19.2 Å². The highest BCUT2D eigenvalue weighted by molar-refractivity contribution is 7.43. The van der Waals surface area contributed by atoms with E-state index in [1.54, 1.807) is 6.66 Å². The molecule has 88 valence electrons. The van der Waals surface area contributed by atoms with Gasteiger partial charge in [0.05, 0.1) is 6.61 Å². The minimum Gasteiger partial charge on any atom is -0.466 e. The summed E-state index contributed by atoms with van der Waals surface area (Å²) in [6.45, 7) is 2.23. The molecule has 0 saturated heterocycles. The van der Waals surface area contributed by atoms with Crippen LogP contribution in [0.3, 0.4) is 0 Å². The smallest absolute Gasteiger partial charge is 0.335 e. The number of hydrogen-bond acceptors (Lipinski definition) is 4. The van der Waals surface area contributed by atoms with Gasteiger partial charge in [-0.2, -0.15) is 0 Å². The van der Waals surface area contributed by atoms with E-state index in [1.165, 1.54) is 0 Å². The van der Waals surface area contributed by atoms with Gasteiger partial charge in [0, 0.05) is 13.0 Å². The second-order valence-corrected chi connectivity index (χ2v) is 5.16. The Hall–Kier alpha value is -0.470. The third kappa shape index (κ3) is 11.5. The molecule has 0 amide bonds. The van der Waals surface area contributed by atoms with E-state index < -0.39 is 7.80 Å². The van der Waals surface area contributed by atoms with Gasteiger partial charge in [0.15, 0.2) is 0 Å². The number of esters is 1. The highest BCUT2D eigenvalue weighted by Gasteiger charge is 2.07. The number of carbonyl (C=O) groups excluding carboxylic acids is 1.